The molecular formula is C15H22N5OS+. The van der Waals surface area contributed by atoms with Gasteiger partial charge in [-0.1, -0.05) is 6.07 Å². The van der Waals surface area contributed by atoms with Gasteiger partial charge in [0.1, 0.15) is 12.6 Å². The number of tetrazole rings is 1. The molecule has 2 heterocycles. The first-order chi connectivity index (χ1) is 10.5. The van der Waals surface area contributed by atoms with Crippen LogP contribution >= 0.6 is 12.2 Å². The van der Waals surface area contributed by atoms with Gasteiger partial charge in [-0.25, -0.2) is 0 Å². The van der Waals surface area contributed by atoms with E-state index in [0.717, 1.165) is 31.6 Å². The van der Waals surface area contributed by atoms with E-state index in [-0.39, 0.29) is 6.10 Å². The van der Waals surface area contributed by atoms with Crippen LogP contribution in [0.4, 0.5) is 0 Å². The van der Waals surface area contributed by atoms with Crippen LogP contribution in [-0.2, 0) is 6.67 Å². The number of piperidine rings is 1. The minimum absolute atomic E-state index is 0.215. The normalized spacial score (nSPS) is 22.0. The predicted octanol–water partition coefficient (Wildman–Crippen LogP) is 0.412. The van der Waals surface area contributed by atoms with Crippen molar-refractivity contribution in [3.8, 4) is 5.69 Å². The van der Waals surface area contributed by atoms with Crippen LogP contribution in [-0.4, -0.2) is 44.1 Å². The second-order valence-electron chi connectivity index (χ2n) is 6.10. The summed E-state index contributed by atoms with van der Waals surface area (Å²) in [5.74, 6) is 0. The number of benzene rings is 1. The summed E-state index contributed by atoms with van der Waals surface area (Å²) < 4.78 is 4.04. The van der Waals surface area contributed by atoms with Gasteiger partial charge in [0.15, 0.2) is 6.67 Å². The van der Waals surface area contributed by atoms with Crippen LogP contribution in [0.1, 0.15) is 24.0 Å². The van der Waals surface area contributed by atoms with Crippen molar-refractivity contribution in [2.24, 2.45) is 0 Å². The molecule has 0 aliphatic carbocycles. The van der Waals surface area contributed by atoms with E-state index < -0.39 is 0 Å². The average Bonchev–Trinajstić information content (AvgIpc) is 2.83. The number of aliphatic hydroxyl groups excluding tert-OH is 1. The SMILES string of the molecule is Cc1ccc(-n2nnn(C[NH+]3CCC[C@H](O)C3)c2=S)cc1C. The van der Waals surface area contributed by atoms with Gasteiger partial charge in [0.2, 0.25) is 4.77 Å². The van der Waals surface area contributed by atoms with Crippen LogP contribution in [0, 0.1) is 18.6 Å². The minimum atomic E-state index is -0.215. The number of rotatable bonds is 3. The molecule has 2 atom stereocenters. The predicted molar refractivity (Wildman–Crippen MR) is 85.6 cm³/mol. The number of likely N-dealkylation sites (tertiary alicyclic amines) is 1. The topological polar surface area (TPSA) is 60.3 Å². The molecule has 0 saturated carbocycles. The molecule has 22 heavy (non-hydrogen) atoms. The summed E-state index contributed by atoms with van der Waals surface area (Å²) in [4.78, 5) is 1.29. The Labute approximate surface area is 135 Å². The Bertz CT molecular complexity index is 723. The van der Waals surface area contributed by atoms with Gasteiger partial charge in [-0.15, -0.1) is 0 Å². The molecule has 3 rings (SSSR count). The molecule has 1 fully saturated rings. The molecule has 0 bridgehead atoms. The van der Waals surface area contributed by atoms with E-state index in [1.54, 1.807) is 9.36 Å². The fourth-order valence-electron chi connectivity index (χ4n) is 2.87. The van der Waals surface area contributed by atoms with Crippen molar-refractivity contribution in [1.29, 1.82) is 0 Å². The molecular weight excluding hydrogens is 298 g/mol. The summed E-state index contributed by atoms with van der Waals surface area (Å²) in [6, 6.07) is 6.15. The van der Waals surface area contributed by atoms with Gasteiger partial charge in [-0.05, 0) is 72.6 Å². The third-order valence-electron chi connectivity index (χ3n) is 4.34. The van der Waals surface area contributed by atoms with Crippen molar-refractivity contribution in [3.05, 3.63) is 34.1 Å². The molecule has 0 amide bonds. The molecule has 6 nitrogen and oxygen atoms in total. The lowest BCUT2D eigenvalue weighted by Gasteiger charge is -2.26. The molecule has 0 spiro atoms. The van der Waals surface area contributed by atoms with Crippen molar-refractivity contribution < 1.29 is 10.0 Å². The Morgan fingerprint density at radius 1 is 1.32 bits per heavy atom. The van der Waals surface area contributed by atoms with Crippen molar-refractivity contribution in [2.75, 3.05) is 13.1 Å². The fourth-order valence-corrected chi connectivity index (χ4v) is 3.12. The molecule has 1 aliphatic heterocycles. The van der Waals surface area contributed by atoms with Crippen molar-refractivity contribution in [3.63, 3.8) is 0 Å². The van der Waals surface area contributed by atoms with Crippen LogP contribution in [0.3, 0.4) is 0 Å². The zero-order chi connectivity index (χ0) is 15.7. The second-order valence-corrected chi connectivity index (χ2v) is 6.46. The van der Waals surface area contributed by atoms with E-state index in [9.17, 15) is 5.11 Å². The largest absolute Gasteiger partial charge is 0.387 e. The van der Waals surface area contributed by atoms with Gasteiger partial charge < -0.3 is 10.0 Å². The highest BCUT2D eigenvalue weighted by atomic mass is 32.1. The molecule has 2 N–H and O–H groups in total. The van der Waals surface area contributed by atoms with Crippen LogP contribution in [0.15, 0.2) is 18.2 Å². The summed E-state index contributed by atoms with van der Waals surface area (Å²) in [7, 11) is 0. The first-order valence-corrected chi connectivity index (χ1v) is 8.07. The highest BCUT2D eigenvalue weighted by Gasteiger charge is 2.22. The first kappa shape index (κ1) is 15.3. The van der Waals surface area contributed by atoms with E-state index in [4.69, 9.17) is 12.2 Å². The molecule has 1 aromatic carbocycles. The Kier molecular flexibility index (Phi) is 4.37. The van der Waals surface area contributed by atoms with Gasteiger partial charge in [-0.2, -0.15) is 9.36 Å². The second kappa shape index (κ2) is 6.28. The Morgan fingerprint density at radius 3 is 2.86 bits per heavy atom. The Hall–Kier alpha value is -1.57. The summed E-state index contributed by atoms with van der Waals surface area (Å²) in [6.45, 7) is 6.60. The van der Waals surface area contributed by atoms with Crippen molar-refractivity contribution in [2.45, 2.75) is 39.5 Å². The maximum absolute atomic E-state index is 9.77. The highest BCUT2D eigenvalue weighted by molar-refractivity contribution is 7.71. The van der Waals surface area contributed by atoms with Crippen LogP contribution in [0.2, 0.25) is 0 Å². The van der Waals surface area contributed by atoms with E-state index >= 15 is 0 Å². The number of aliphatic hydroxyl groups is 1. The fraction of sp³-hybridized carbons (Fsp3) is 0.533. The lowest BCUT2D eigenvalue weighted by atomic mass is 10.1. The molecule has 1 saturated heterocycles. The molecule has 1 aromatic heterocycles. The quantitative estimate of drug-likeness (QED) is 0.805. The lowest BCUT2D eigenvalue weighted by molar-refractivity contribution is -0.931. The number of aryl methyl sites for hydroxylation is 2. The number of quaternary nitrogens is 1. The molecule has 7 heteroatoms. The minimum Gasteiger partial charge on any atom is -0.387 e. The van der Waals surface area contributed by atoms with E-state index in [1.165, 1.54) is 16.0 Å². The van der Waals surface area contributed by atoms with Crippen LogP contribution in [0.5, 0.6) is 0 Å². The third-order valence-corrected chi connectivity index (χ3v) is 4.72. The van der Waals surface area contributed by atoms with Crippen LogP contribution in [0.25, 0.3) is 5.69 Å². The monoisotopic (exact) mass is 320 g/mol. The molecule has 0 radical (unpaired) electrons. The van der Waals surface area contributed by atoms with Crippen molar-refractivity contribution >= 4 is 12.2 Å². The molecule has 1 unspecified atom stereocenters. The number of nitrogens with zero attached hydrogens (tertiary/aromatic N) is 4. The number of hydrogen-bond donors (Lipinski definition) is 2. The van der Waals surface area contributed by atoms with E-state index in [2.05, 4.69) is 36.4 Å². The van der Waals surface area contributed by atoms with Gasteiger partial charge in [-0.3, -0.25) is 0 Å². The highest BCUT2D eigenvalue weighted by Crippen LogP contribution is 2.13. The Morgan fingerprint density at radius 2 is 2.14 bits per heavy atom. The third kappa shape index (κ3) is 3.11. The maximum atomic E-state index is 9.77. The average molecular weight is 320 g/mol. The molecule has 118 valence electrons. The number of hydrogen-bond acceptors (Lipinski definition) is 4. The van der Waals surface area contributed by atoms with Gasteiger partial charge in [0.25, 0.3) is 0 Å². The summed E-state index contributed by atoms with van der Waals surface area (Å²) in [6.07, 6.45) is 1.71. The molecule has 2 aromatic rings. The maximum Gasteiger partial charge on any atom is 0.225 e. The van der Waals surface area contributed by atoms with E-state index in [0.29, 0.717) is 11.4 Å². The summed E-state index contributed by atoms with van der Waals surface area (Å²) in [5.41, 5.74) is 3.39. The zero-order valence-electron chi connectivity index (χ0n) is 13.0. The number of nitrogens with one attached hydrogen (secondary N) is 1. The Balaban J connectivity index is 1.82. The smallest absolute Gasteiger partial charge is 0.225 e. The number of aromatic nitrogens is 4. The zero-order valence-corrected chi connectivity index (χ0v) is 13.8. The summed E-state index contributed by atoms with van der Waals surface area (Å²) in [5, 5.41) is 18.1. The lowest BCUT2D eigenvalue weighted by Crippen LogP contribution is -3.13. The van der Waals surface area contributed by atoms with Gasteiger partial charge in [0, 0.05) is 0 Å². The first-order valence-electron chi connectivity index (χ1n) is 7.66. The van der Waals surface area contributed by atoms with Crippen molar-refractivity contribution in [1.82, 2.24) is 19.8 Å². The van der Waals surface area contributed by atoms with Crippen LogP contribution < -0.4 is 4.90 Å². The van der Waals surface area contributed by atoms with E-state index in [1.807, 2.05) is 6.07 Å². The standard InChI is InChI=1S/C15H21N5OS/c1-11-5-6-13(8-12(11)2)20-15(22)19(16-17-20)10-18-7-3-4-14(21)9-18/h5-6,8,14,21H,3-4,7,9-10H2,1-2H3/p+1/t14-/m0/s1. The summed E-state index contributed by atoms with van der Waals surface area (Å²) >= 11 is 5.51. The molecule has 1 aliphatic rings. The van der Waals surface area contributed by atoms with Gasteiger partial charge in [0.05, 0.1) is 12.2 Å². The van der Waals surface area contributed by atoms with Gasteiger partial charge >= 0.3 is 0 Å².